The molecule has 1 amide bonds. The Kier molecular flexibility index (Phi) is 7.34. The van der Waals surface area contributed by atoms with Gasteiger partial charge in [-0.05, 0) is 49.1 Å². The third kappa shape index (κ3) is 5.65. The summed E-state index contributed by atoms with van der Waals surface area (Å²) in [7, 11) is -4.22. The van der Waals surface area contributed by atoms with Gasteiger partial charge in [0.05, 0.1) is 0 Å². The quantitative estimate of drug-likeness (QED) is 0.619. The van der Waals surface area contributed by atoms with E-state index in [2.05, 4.69) is 5.32 Å². The molecule has 1 unspecified atom stereocenters. The van der Waals surface area contributed by atoms with Crippen molar-refractivity contribution in [3.8, 4) is 0 Å². The number of halogens is 2. The van der Waals surface area contributed by atoms with E-state index in [4.69, 9.17) is 4.74 Å². The van der Waals surface area contributed by atoms with Gasteiger partial charge in [0.2, 0.25) is 10.0 Å². The lowest BCUT2D eigenvalue weighted by molar-refractivity contribution is -0.151. The van der Waals surface area contributed by atoms with Crippen LogP contribution < -0.4 is 5.32 Å². The average molecular weight is 452 g/mol. The highest BCUT2D eigenvalue weighted by atomic mass is 32.2. The monoisotopic (exact) mass is 452 g/mol. The first-order chi connectivity index (χ1) is 14.8. The summed E-state index contributed by atoms with van der Waals surface area (Å²) in [5.41, 5.74) is 0.832. The van der Waals surface area contributed by atoms with E-state index in [9.17, 15) is 26.8 Å². The summed E-state index contributed by atoms with van der Waals surface area (Å²) >= 11 is 0. The average Bonchev–Trinajstić information content (AvgIpc) is 3.25. The predicted octanol–water partition coefficient (Wildman–Crippen LogP) is 2.02. The van der Waals surface area contributed by atoms with Gasteiger partial charge in [-0.15, -0.1) is 0 Å². The second-order valence-corrected chi connectivity index (χ2v) is 8.90. The van der Waals surface area contributed by atoms with Crippen LogP contribution in [0.15, 0.2) is 53.4 Å². The second-order valence-electron chi connectivity index (χ2n) is 7.04. The van der Waals surface area contributed by atoms with E-state index in [-0.39, 0.29) is 25.3 Å². The molecule has 0 aromatic heterocycles. The Labute approximate surface area is 179 Å². The Morgan fingerprint density at radius 2 is 1.81 bits per heavy atom. The van der Waals surface area contributed by atoms with E-state index in [1.165, 1.54) is 24.3 Å². The highest BCUT2D eigenvalue weighted by Gasteiger charge is 2.41. The molecule has 2 aromatic carbocycles. The molecular formula is C21H22F2N2O5S. The molecule has 1 fully saturated rings. The highest BCUT2D eigenvalue weighted by Crippen LogP contribution is 2.28. The van der Waals surface area contributed by atoms with Gasteiger partial charge in [0.25, 0.3) is 5.91 Å². The lowest BCUT2D eigenvalue weighted by Gasteiger charge is -2.22. The Balaban J connectivity index is 1.52. The lowest BCUT2D eigenvalue weighted by atomic mass is 10.1. The molecule has 10 heteroatoms. The van der Waals surface area contributed by atoms with Crippen molar-refractivity contribution in [3.63, 3.8) is 0 Å². The molecule has 1 aliphatic rings. The molecular weight excluding hydrogens is 430 g/mol. The Morgan fingerprint density at radius 3 is 2.52 bits per heavy atom. The van der Waals surface area contributed by atoms with Crippen LogP contribution in [0.25, 0.3) is 0 Å². The number of amides is 1. The number of nitrogens with one attached hydrogen (secondary N) is 1. The summed E-state index contributed by atoms with van der Waals surface area (Å²) < 4.78 is 58.3. The largest absolute Gasteiger partial charge is 0.454 e. The van der Waals surface area contributed by atoms with Crippen LogP contribution in [0.1, 0.15) is 18.4 Å². The molecule has 0 aliphatic carbocycles. The maximum Gasteiger partial charge on any atom is 0.324 e. The smallest absolute Gasteiger partial charge is 0.324 e. The molecule has 0 bridgehead atoms. The summed E-state index contributed by atoms with van der Waals surface area (Å²) in [4.78, 5) is 23.8. The summed E-state index contributed by atoms with van der Waals surface area (Å²) in [6.07, 6.45) is 1.10. The molecule has 3 rings (SSSR count). The topological polar surface area (TPSA) is 92.8 Å². The minimum Gasteiger partial charge on any atom is -0.454 e. The predicted molar refractivity (Wildman–Crippen MR) is 107 cm³/mol. The van der Waals surface area contributed by atoms with Crippen molar-refractivity contribution in [2.45, 2.75) is 30.2 Å². The Bertz CT molecular complexity index is 1040. The fraction of sp³-hybridized carbons (Fsp3) is 0.333. The van der Waals surface area contributed by atoms with Crippen LogP contribution in [0.2, 0.25) is 0 Å². The number of hydrogen-bond acceptors (Lipinski definition) is 5. The number of benzene rings is 2. The molecule has 1 atom stereocenters. The van der Waals surface area contributed by atoms with Crippen molar-refractivity contribution in [3.05, 3.63) is 65.7 Å². The van der Waals surface area contributed by atoms with E-state index >= 15 is 0 Å². The van der Waals surface area contributed by atoms with Crippen LogP contribution >= 0.6 is 0 Å². The fourth-order valence-corrected chi connectivity index (χ4v) is 5.04. The first-order valence-corrected chi connectivity index (χ1v) is 11.2. The van der Waals surface area contributed by atoms with Gasteiger partial charge < -0.3 is 10.1 Å². The molecule has 0 radical (unpaired) electrons. The third-order valence-corrected chi connectivity index (χ3v) is 6.84. The Hall–Kier alpha value is -2.85. The lowest BCUT2D eigenvalue weighted by Crippen LogP contribution is -2.42. The van der Waals surface area contributed by atoms with Crippen molar-refractivity contribution >= 4 is 21.9 Å². The van der Waals surface area contributed by atoms with Gasteiger partial charge in [0.15, 0.2) is 6.61 Å². The first-order valence-electron chi connectivity index (χ1n) is 9.73. The van der Waals surface area contributed by atoms with E-state index in [1.807, 2.05) is 0 Å². The van der Waals surface area contributed by atoms with Crippen molar-refractivity contribution in [2.24, 2.45) is 0 Å². The van der Waals surface area contributed by atoms with Gasteiger partial charge in [-0.25, -0.2) is 17.2 Å². The summed E-state index contributed by atoms with van der Waals surface area (Å²) in [5, 5.41) is 2.58. The third-order valence-electron chi connectivity index (χ3n) is 4.89. The molecule has 7 nitrogen and oxygen atoms in total. The second kappa shape index (κ2) is 9.97. The maximum absolute atomic E-state index is 14.0. The summed E-state index contributed by atoms with van der Waals surface area (Å²) in [6.45, 7) is -0.244. The van der Waals surface area contributed by atoms with Crippen molar-refractivity contribution < 1.29 is 31.5 Å². The van der Waals surface area contributed by atoms with Crippen LogP contribution in [-0.4, -0.2) is 50.3 Å². The summed E-state index contributed by atoms with van der Waals surface area (Å²) in [5.74, 6) is -2.65. The van der Waals surface area contributed by atoms with Crippen molar-refractivity contribution in [2.75, 3.05) is 19.7 Å². The minimum atomic E-state index is -4.22. The van der Waals surface area contributed by atoms with Gasteiger partial charge in [-0.1, -0.05) is 24.3 Å². The molecule has 1 N–H and O–H groups in total. The molecule has 0 spiro atoms. The van der Waals surface area contributed by atoms with E-state index in [0.29, 0.717) is 12.8 Å². The number of carbonyl (C=O) groups is 2. The van der Waals surface area contributed by atoms with Gasteiger partial charge in [-0.3, -0.25) is 9.59 Å². The van der Waals surface area contributed by atoms with E-state index in [1.54, 1.807) is 12.1 Å². The molecule has 31 heavy (non-hydrogen) atoms. The highest BCUT2D eigenvalue weighted by molar-refractivity contribution is 7.89. The zero-order chi connectivity index (χ0) is 22.4. The number of carbonyl (C=O) groups excluding carboxylic acids is 2. The number of ether oxygens (including phenoxy) is 1. The van der Waals surface area contributed by atoms with E-state index < -0.39 is 45.3 Å². The van der Waals surface area contributed by atoms with Crippen molar-refractivity contribution in [1.29, 1.82) is 0 Å². The van der Waals surface area contributed by atoms with Crippen LogP contribution in [0.4, 0.5) is 8.78 Å². The van der Waals surface area contributed by atoms with Crippen LogP contribution in [0.3, 0.4) is 0 Å². The van der Waals surface area contributed by atoms with Crippen LogP contribution in [0.5, 0.6) is 0 Å². The summed E-state index contributed by atoms with van der Waals surface area (Å²) in [6, 6.07) is 9.68. The van der Waals surface area contributed by atoms with Gasteiger partial charge in [0.1, 0.15) is 22.6 Å². The zero-order valence-electron chi connectivity index (χ0n) is 16.6. The van der Waals surface area contributed by atoms with Crippen LogP contribution in [-0.2, 0) is 30.8 Å². The first kappa shape index (κ1) is 22.8. The van der Waals surface area contributed by atoms with Crippen molar-refractivity contribution in [1.82, 2.24) is 9.62 Å². The number of hydrogen-bond donors (Lipinski definition) is 1. The zero-order valence-corrected chi connectivity index (χ0v) is 17.4. The molecule has 1 heterocycles. The normalized spacial score (nSPS) is 16.8. The van der Waals surface area contributed by atoms with Crippen LogP contribution in [0, 0.1) is 11.6 Å². The van der Waals surface area contributed by atoms with Gasteiger partial charge in [0, 0.05) is 13.1 Å². The maximum atomic E-state index is 14.0. The number of sulfonamides is 1. The number of nitrogens with zero attached hydrogens (tertiary/aromatic N) is 1. The van der Waals surface area contributed by atoms with Gasteiger partial charge in [-0.2, -0.15) is 4.31 Å². The van der Waals surface area contributed by atoms with Gasteiger partial charge >= 0.3 is 5.97 Å². The number of esters is 1. The molecule has 166 valence electrons. The molecule has 1 saturated heterocycles. The minimum absolute atomic E-state index is 0.0559. The number of rotatable bonds is 8. The molecule has 0 saturated carbocycles. The Morgan fingerprint density at radius 1 is 1.10 bits per heavy atom. The van der Waals surface area contributed by atoms with E-state index in [0.717, 1.165) is 22.0 Å². The SMILES string of the molecule is O=C(COC(=O)C1CCCN1S(=O)(=O)c1ccccc1F)NCCc1ccc(F)cc1. The fourth-order valence-electron chi connectivity index (χ4n) is 3.32. The molecule has 1 aliphatic heterocycles. The standard InChI is InChI=1S/C21H22F2N2O5S/c22-16-9-7-15(8-10-16)11-12-24-20(26)14-30-21(27)18-5-3-13-25(18)31(28,29)19-6-2-1-4-17(19)23/h1-2,4,6-10,18H,3,5,11-14H2,(H,24,26). The molecule has 2 aromatic rings.